The summed E-state index contributed by atoms with van der Waals surface area (Å²) < 4.78 is 13.6. The van der Waals surface area contributed by atoms with Crippen molar-refractivity contribution < 1.29 is 14.3 Å². The van der Waals surface area contributed by atoms with Crippen LogP contribution in [0.3, 0.4) is 0 Å². The predicted molar refractivity (Wildman–Crippen MR) is 104 cm³/mol. The van der Waals surface area contributed by atoms with Gasteiger partial charge in [-0.3, -0.25) is 4.79 Å². The van der Waals surface area contributed by atoms with Crippen LogP contribution in [-0.4, -0.2) is 22.6 Å². The third kappa shape index (κ3) is 5.21. The molecule has 5 heteroatoms. The van der Waals surface area contributed by atoms with E-state index in [-0.39, 0.29) is 24.8 Å². The molecule has 1 heterocycles. The summed E-state index contributed by atoms with van der Waals surface area (Å²) in [5.74, 6) is -0.0289. The fourth-order valence-corrected chi connectivity index (χ4v) is 2.79. The first kappa shape index (κ1) is 18.7. The van der Waals surface area contributed by atoms with E-state index >= 15 is 0 Å². The molecule has 27 heavy (non-hydrogen) atoms. The largest absolute Gasteiger partial charge is 0.396 e. The van der Waals surface area contributed by atoms with Crippen LogP contribution < -0.4 is 5.32 Å². The van der Waals surface area contributed by atoms with E-state index in [0.29, 0.717) is 24.2 Å². The van der Waals surface area contributed by atoms with E-state index in [1.54, 1.807) is 30.5 Å². The average Bonchev–Trinajstić information content (AvgIpc) is 2.69. The van der Waals surface area contributed by atoms with Gasteiger partial charge in [0.25, 0.3) is 0 Å². The number of nitrogens with zero attached hydrogens (tertiary/aromatic N) is 1. The fourth-order valence-electron chi connectivity index (χ4n) is 2.79. The number of aliphatic hydroxyl groups excluding tert-OH is 1. The lowest BCUT2D eigenvalue weighted by molar-refractivity contribution is -0.116. The van der Waals surface area contributed by atoms with E-state index in [4.69, 9.17) is 5.11 Å². The van der Waals surface area contributed by atoms with E-state index in [1.807, 2.05) is 30.3 Å². The molecule has 0 unspecified atom stereocenters. The second-order valence-electron chi connectivity index (χ2n) is 6.24. The number of benzene rings is 2. The number of pyridine rings is 1. The van der Waals surface area contributed by atoms with Crippen LogP contribution in [0.5, 0.6) is 0 Å². The zero-order valence-corrected chi connectivity index (χ0v) is 14.9. The second kappa shape index (κ2) is 9.05. The van der Waals surface area contributed by atoms with Gasteiger partial charge in [0.2, 0.25) is 5.91 Å². The quantitative estimate of drug-likeness (QED) is 0.666. The van der Waals surface area contributed by atoms with E-state index in [9.17, 15) is 9.18 Å². The lowest BCUT2D eigenvalue weighted by Gasteiger charge is -2.07. The number of carbonyl (C=O) groups is 1. The van der Waals surface area contributed by atoms with Gasteiger partial charge in [0, 0.05) is 24.8 Å². The Morgan fingerprint density at radius 1 is 0.963 bits per heavy atom. The van der Waals surface area contributed by atoms with Crippen LogP contribution in [0.4, 0.5) is 10.2 Å². The van der Waals surface area contributed by atoms with Gasteiger partial charge in [-0.25, -0.2) is 9.37 Å². The number of hydrogen-bond acceptors (Lipinski definition) is 3. The first-order valence-corrected chi connectivity index (χ1v) is 8.85. The van der Waals surface area contributed by atoms with Gasteiger partial charge in [0.1, 0.15) is 11.6 Å². The van der Waals surface area contributed by atoms with Gasteiger partial charge in [0.15, 0.2) is 0 Å². The lowest BCUT2D eigenvalue weighted by atomic mass is 10.0. The van der Waals surface area contributed by atoms with Gasteiger partial charge in [-0.2, -0.15) is 0 Å². The molecule has 3 rings (SSSR count). The number of anilines is 1. The van der Waals surface area contributed by atoms with Gasteiger partial charge in [-0.15, -0.1) is 0 Å². The Morgan fingerprint density at radius 3 is 2.37 bits per heavy atom. The molecule has 0 aliphatic carbocycles. The lowest BCUT2D eigenvalue weighted by Crippen LogP contribution is -2.13. The number of rotatable bonds is 7. The summed E-state index contributed by atoms with van der Waals surface area (Å²) in [6.07, 6.45) is 2.87. The van der Waals surface area contributed by atoms with Crippen LogP contribution in [0.25, 0.3) is 11.1 Å². The molecular weight excluding hydrogens is 343 g/mol. The highest BCUT2D eigenvalue weighted by molar-refractivity contribution is 5.90. The summed E-state index contributed by atoms with van der Waals surface area (Å²) in [4.78, 5) is 16.3. The third-order valence-electron chi connectivity index (χ3n) is 4.30. The summed E-state index contributed by atoms with van der Waals surface area (Å²) in [7, 11) is 0. The normalized spacial score (nSPS) is 10.6. The summed E-state index contributed by atoms with van der Waals surface area (Å²) in [6, 6.07) is 18.0. The molecule has 2 N–H and O–H groups in total. The molecule has 4 nitrogen and oxygen atoms in total. The molecule has 138 valence electrons. The SMILES string of the molecule is O=C(CCc1ccccc1F)Nc1ccc(-c2ccc(CCO)cc2)cn1. The Hall–Kier alpha value is -3.05. The minimum Gasteiger partial charge on any atom is -0.396 e. The molecule has 0 bridgehead atoms. The van der Waals surface area contributed by atoms with Crippen molar-refractivity contribution in [3.63, 3.8) is 0 Å². The Kier molecular flexibility index (Phi) is 6.28. The molecule has 0 saturated heterocycles. The molecule has 2 aromatic carbocycles. The molecule has 0 aliphatic rings. The maximum absolute atomic E-state index is 13.6. The molecule has 0 saturated carbocycles. The Balaban J connectivity index is 1.57. The Labute approximate surface area is 157 Å². The van der Waals surface area contributed by atoms with Crippen molar-refractivity contribution in [3.8, 4) is 11.1 Å². The van der Waals surface area contributed by atoms with Crippen LogP contribution in [-0.2, 0) is 17.6 Å². The van der Waals surface area contributed by atoms with Crippen LogP contribution in [0.1, 0.15) is 17.5 Å². The number of aryl methyl sites for hydroxylation is 1. The van der Waals surface area contributed by atoms with Gasteiger partial charge in [0.05, 0.1) is 0 Å². The molecule has 0 radical (unpaired) electrons. The molecule has 3 aromatic rings. The number of amides is 1. The van der Waals surface area contributed by atoms with Gasteiger partial charge >= 0.3 is 0 Å². The number of halogens is 1. The standard InChI is InChI=1S/C22H21FN2O2/c23-20-4-2-1-3-18(20)10-12-22(27)25-21-11-9-19(15-24-21)17-7-5-16(6-8-17)13-14-26/h1-9,11,15,26H,10,12-14H2,(H,24,25,27). The maximum Gasteiger partial charge on any atom is 0.225 e. The number of aliphatic hydroxyl groups is 1. The van der Waals surface area contributed by atoms with Crippen molar-refractivity contribution in [2.45, 2.75) is 19.3 Å². The highest BCUT2D eigenvalue weighted by Crippen LogP contribution is 2.20. The molecule has 1 aromatic heterocycles. The van der Waals surface area contributed by atoms with Crippen LogP contribution in [0.15, 0.2) is 66.9 Å². The zero-order chi connectivity index (χ0) is 19.1. The highest BCUT2D eigenvalue weighted by atomic mass is 19.1. The highest BCUT2D eigenvalue weighted by Gasteiger charge is 2.07. The summed E-state index contributed by atoms with van der Waals surface area (Å²) in [5, 5.41) is 11.7. The van der Waals surface area contributed by atoms with Crippen molar-refractivity contribution in [2.24, 2.45) is 0 Å². The monoisotopic (exact) mass is 364 g/mol. The molecule has 0 spiro atoms. The van der Waals surface area contributed by atoms with Crippen molar-refractivity contribution in [1.82, 2.24) is 4.98 Å². The van der Waals surface area contributed by atoms with Crippen molar-refractivity contribution >= 4 is 11.7 Å². The summed E-state index contributed by atoms with van der Waals surface area (Å²) in [6.45, 7) is 0.131. The van der Waals surface area contributed by atoms with Crippen LogP contribution in [0.2, 0.25) is 0 Å². The summed E-state index contributed by atoms with van der Waals surface area (Å²) >= 11 is 0. The Bertz CT molecular complexity index is 893. The topological polar surface area (TPSA) is 62.2 Å². The average molecular weight is 364 g/mol. The van der Waals surface area contributed by atoms with Gasteiger partial charge in [-0.05, 0) is 47.7 Å². The minimum absolute atomic E-state index is 0.131. The van der Waals surface area contributed by atoms with Crippen molar-refractivity contribution in [2.75, 3.05) is 11.9 Å². The molecule has 0 atom stereocenters. The fraction of sp³-hybridized carbons (Fsp3) is 0.182. The zero-order valence-electron chi connectivity index (χ0n) is 14.9. The van der Waals surface area contributed by atoms with Crippen LogP contribution >= 0.6 is 0 Å². The third-order valence-corrected chi connectivity index (χ3v) is 4.30. The number of carbonyl (C=O) groups excluding carboxylic acids is 1. The van der Waals surface area contributed by atoms with Gasteiger partial charge < -0.3 is 10.4 Å². The Morgan fingerprint density at radius 2 is 1.70 bits per heavy atom. The van der Waals surface area contributed by atoms with E-state index in [0.717, 1.165) is 16.7 Å². The molecular formula is C22H21FN2O2. The number of aromatic nitrogens is 1. The first-order chi connectivity index (χ1) is 13.2. The molecule has 1 amide bonds. The van der Waals surface area contributed by atoms with Crippen molar-refractivity contribution in [3.05, 3.63) is 83.8 Å². The minimum atomic E-state index is -0.294. The van der Waals surface area contributed by atoms with Gasteiger partial charge in [-0.1, -0.05) is 42.5 Å². The van der Waals surface area contributed by atoms with Crippen molar-refractivity contribution in [1.29, 1.82) is 0 Å². The number of hydrogen-bond donors (Lipinski definition) is 2. The van der Waals surface area contributed by atoms with E-state index in [1.165, 1.54) is 6.07 Å². The number of nitrogens with one attached hydrogen (secondary N) is 1. The molecule has 0 fully saturated rings. The molecule has 0 aliphatic heterocycles. The predicted octanol–water partition coefficient (Wildman–Crippen LogP) is 3.99. The smallest absolute Gasteiger partial charge is 0.225 e. The van der Waals surface area contributed by atoms with Crippen LogP contribution in [0, 0.1) is 5.82 Å². The van der Waals surface area contributed by atoms with E-state index < -0.39 is 0 Å². The summed E-state index contributed by atoms with van der Waals surface area (Å²) in [5.41, 5.74) is 3.56. The maximum atomic E-state index is 13.6. The second-order valence-corrected chi connectivity index (χ2v) is 6.24. The first-order valence-electron chi connectivity index (χ1n) is 8.85. The van der Waals surface area contributed by atoms with E-state index in [2.05, 4.69) is 10.3 Å².